The first kappa shape index (κ1) is 19.5. The van der Waals surface area contributed by atoms with E-state index in [9.17, 15) is 4.79 Å². The van der Waals surface area contributed by atoms with Crippen molar-refractivity contribution in [2.75, 3.05) is 44.3 Å². The van der Waals surface area contributed by atoms with E-state index in [2.05, 4.69) is 22.0 Å². The molecule has 4 saturated heterocycles. The molecule has 0 aliphatic carbocycles. The molecule has 4 aliphatic rings. The van der Waals surface area contributed by atoms with Crippen LogP contribution in [0.3, 0.4) is 0 Å². The summed E-state index contributed by atoms with van der Waals surface area (Å²) in [6.45, 7) is 7.58. The molecule has 7 heteroatoms. The smallest absolute Gasteiger partial charge is 0.291 e. The number of piperidine rings is 3. The average molecular weight is 412 g/mol. The number of carbonyl (C=O) groups excluding carboxylic acids is 1. The predicted octanol–water partition coefficient (Wildman–Crippen LogP) is 3.12. The Morgan fingerprint density at radius 3 is 2.47 bits per heavy atom. The zero-order valence-corrected chi connectivity index (χ0v) is 17.4. The van der Waals surface area contributed by atoms with Crippen molar-refractivity contribution in [2.45, 2.75) is 31.8 Å². The van der Waals surface area contributed by atoms with Crippen molar-refractivity contribution in [3.05, 3.63) is 42.0 Å². The van der Waals surface area contributed by atoms with Gasteiger partial charge in [-0.1, -0.05) is 0 Å². The molecule has 5 heterocycles. The van der Waals surface area contributed by atoms with E-state index < -0.39 is 0 Å². The molecular weight excluding hydrogens is 382 g/mol. The van der Waals surface area contributed by atoms with Crippen LogP contribution in [0.5, 0.6) is 11.7 Å². The van der Waals surface area contributed by atoms with Gasteiger partial charge in [-0.25, -0.2) is 0 Å². The second-order valence-corrected chi connectivity index (χ2v) is 8.43. The highest BCUT2D eigenvalue weighted by Crippen LogP contribution is 2.32. The van der Waals surface area contributed by atoms with Gasteiger partial charge < -0.3 is 24.1 Å². The molecular formula is C23H29N3O4. The second kappa shape index (κ2) is 8.32. The Morgan fingerprint density at radius 1 is 1.03 bits per heavy atom. The lowest BCUT2D eigenvalue weighted by atomic mass is 9.79. The summed E-state index contributed by atoms with van der Waals surface area (Å²) in [5.74, 6) is 2.45. The first-order valence-corrected chi connectivity index (χ1v) is 10.9. The number of ether oxygens (including phenoxy) is 2. The van der Waals surface area contributed by atoms with Gasteiger partial charge in [-0.05, 0) is 63.0 Å². The van der Waals surface area contributed by atoms with Gasteiger partial charge in [0.05, 0.1) is 13.2 Å². The molecule has 4 aliphatic heterocycles. The first-order valence-electron chi connectivity index (χ1n) is 10.9. The van der Waals surface area contributed by atoms with E-state index >= 15 is 0 Å². The van der Waals surface area contributed by atoms with Crippen LogP contribution >= 0.6 is 0 Å². The predicted molar refractivity (Wildman–Crippen MR) is 113 cm³/mol. The average Bonchev–Trinajstić information content (AvgIpc) is 3.26. The van der Waals surface area contributed by atoms with Crippen LogP contribution in [0.4, 0.5) is 5.88 Å². The maximum atomic E-state index is 12.8. The third-order valence-electron chi connectivity index (χ3n) is 6.70. The van der Waals surface area contributed by atoms with Crippen molar-refractivity contribution in [3.63, 3.8) is 0 Å². The largest absolute Gasteiger partial charge is 0.426 e. The van der Waals surface area contributed by atoms with E-state index in [1.54, 1.807) is 0 Å². The van der Waals surface area contributed by atoms with Crippen molar-refractivity contribution in [1.29, 1.82) is 0 Å². The summed E-state index contributed by atoms with van der Waals surface area (Å²) < 4.78 is 17.0. The lowest BCUT2D eigenvalue weighted by molar-refractivity contribution is 0.0217. The van der Waals surface area contributed by atoms with Gasteiger partial charge in [-0.2, -0.15) is 0 Å². The zero-order chi connectivity index (χ0) is 20.5. The summed E-state index contributed by atoms with van der Waals surface area (Å²) >= 11 is 0. The molecule has 2 bridgehead atoms. The van der Waals surface area contributed by atoms with Gasteiger partial charge in [0, 0.05) is 42.9 Å². The summed E-state index contributed by atoms with van der Waals surface area (Å²) in [5, 5.41) is 3.27. The highest BCUT2D eigenvalue weighted by Gasteiger charge is 2.40. The van der Waals surface area contributed by atoms with Gasteiger partial charge in [0.15, 0.2) is 5.88 Å². The van der Waals surface area contributed by atoms with Crippen LogP contribution in [0.15, 0.2) is 40.8 Å². The fourth-order valence-electron chi connectivity index (χ4n) is 4.89. The van der Waals surface area contributed by atoms with Gasteiger partial charge in [0.1, 0.15) is 5.75 Å². The lowest BCUT2D eigenvalue weighted by Crippen LogP contribution is -2.62. The third-order valence-corrected chi connectivity index (χ3v) is 6.70. The van der Waals surface area contributed by atoms with Crippen LogP contribution in [-0.2, 0) is 4.74 Å². The molecule has 30 heavy (non-hydrogen) atoms. The van der Waals surface area contributed by atoms with Gasteiger partial charge in [0.2, 0.25) is 0 Å². The van der Waals surface area contributed by atoms with Crippen molar-refractivity contribution < 1.29 is 18.7 Å². The van der Waals surface area contributed by atoms with E-state index in [0.29, 0.717) is 42.4 Å². The van der Waals surface area contributed by atoms with Crippen LogP contribution in [0.25, 0.3) is 0 Å². The molecule has 1 amide bonds. The standard InChI is InChI=1S/C23H29N3O4/c1-16-22(17-8-10-25(16)11-9-17)24-23(27)18-2-4-19(5-3-18)29-21-7-6-20(30-21)26-12-14-28-15-13-26/h2-7,16-17,22H,8-15H2,1H3,(H,24,27). The molecule has 4 fully saturated rings. The molecule has 0 spiro atoms. The monoisotopic (exact) mass is 411 g/mol. The maximum Gasteiger partial charge on any atom is 0.291 e. The molecule has 1 aromatic carbocycles. The van der Waals surface area contributed by atoms with Crippen LogP contribution in [0.1, 0.15) is 30.1 Å². The molecule has 2 atom stereocenters. The van der Waals surface area contributed by atoms with E-state index in [1.165, 1.54) is 12.8 Å². The number of rotatable bonds is 5. The number of benzene rings is 1. The van der Waals surface area contributed by atoms with Crippen molar-refractivity contribution in [2.24, 2.45) is 5.92 Å². The van der Waals surface area contributed by atoms with E-state index in [0.717, 1.165) is 32.1 Å². The van der Waals surface area contributed by atoms with Gasteiger partial charge in [-0.15, -0.1) is 0 Å². The number of amides is 1. The normalized spacial score (nSPS) is 28.4. The second-order valence-electron chi connectivity index (χ2n) is 8.43. The lowest BCUT2D eigenvalue weighted by Gasteiger charge is -2.49. The molecule has 0 saturated carbocycles. The number of nitrogens with one attached hydrogen (secondary N) is 1. The van der Waals surface area contributed by atoms with E-state index in [4.69, 9.17) is 13.9 Å². The topological polar surface area (TPSA) is 67.2 Å². The Kier molecular flexibility index (Phi) is 5.39. The highest BCUT2D eigenvalue weighted by molar-refractivity contribution is 5.94. The van der Waals surface area contributed by atoms with Crippen LogP contribution < -0.4 is 15.0 Å². The van der Waals surface area contributed by atoms with Crippen LogP contribution in [0, 0.1) is 5.92 Å². The summed E-state index contributed by atoms with van der Waals surface area (Å²) in [7, 11) is 0. The molecule has 160 valence electrons. The Hall–Kier alpha value is -2.51. The first-order chi connectivity index (χ1) is 14.7. The summed E-state index contributed by atoms with van der Waals surface area (Å²) in [6, 6.07) is 11.6. The van der Waals surface area contributed by atoms with Gasteiger partial charge in [0.25, 0.3) is 11.9 Å². The molecule has 2 unspecified atom stereocenters. The molecule has 2 aromatic rings. The number of nitrogens with zero attached hydrogens (tertiary/aromatic N) is 2. The van der Waals surface area contributed by atoms with Crippen LogP contribution in [0.2, 0.25) is 0 Å². The molecule has 1 N–H and O–H groups in total. The number of carbonyl (C=O) groups is 1. The Morgan fingerprint density at radius 2 is 1.77 bits per heavy atom. The minimum atomic E-state index is -0.0141. The number of hydrogen-bond donors (Lipinski definition) is 1. The number of anilines is 1. The number of morpholine rings is 1. The van der Waals surface area contributed by atoms with Crippen LogP contribution in [-0.4, -0.2) is 62.3 Å². The van der Waals surface area contributed by atoms with E-state index in [-0.39, 0.29) is 11.9 Å². The molecule has 1 aromatic heterocycles. The van der Waals surface area contributed by atoms with Crippen molar-refractivity contribution in [3.8, 4) is 11.7 Å². The SMILES string of the molecule is CC1C(NC(=O)c2ccc(Oc3ccc(N4CCOCC4)o3)cc2)C2CCN1CC2. The molecule has 6 rings (SSSR count). The summed E-state index contributed by atoms with van der Waals surface area (Å²) in [5.41, 5.74) is 0.652. The van der Waals surface area contributed by atoms with Gasteiger partial charge in [-0.3, -0.25) is 9.69 Å². The molecule has 0 radical (unpaired) electrons. The fraction of sp³-hybridized carbons (Fsp3) is 0.522. The summed E-state index contributed by atoms with van der Waals surface area (Å²) in [4.78, 5) is 17.4. The van der Waals surface area contributed by atoms with Crippen molar-refractivity contribution in [1.82, 2.24) is 10.2 Å². The maximum absolute atomic E-state index is 12.8. The zero-order valence-electron chi connectivity index (χ0n) is 17.4. The fourth-order valence-corrected chi connectivity index (χ4v) is 4.89. The molecule has 7 nitrogen and oxygen atoms in total. The quantitative estimate of drug-likeness (QED) is 0.816. The minimum Gasteiger partial charge on any atom is -0.426 e. The van der Waals surface area contributed by atoms with E-state index in [1.807, 2.05) is 36.4 Å². The van der Waals surface area contributed by atoms with Gasteiger partial charge >= 0.3 is 0 Å². The number of furan rings is 1. The number of fused-ring (bicyclic) bond motifs is 3. The summed E-state index contributed by atoms with van der Waals surface area (Å²) in [6.07, 6.45) is 2.36. The Bertz CT molecular complexity index is 865. The Balaban J connectivity index is 1.19. The minimum absolute atomic E-state index is 0.0141. The Labute approximate surface area is 176 Å². The highest BCUT2D eigenvalue weighted by atomic mass is 16.6. The van der Waals surface area contributed by atoms with Crippen molar-refractivity contribution >= 4 is 11.8 Å². The third kappa shape index (κ3) is 3.91. The number of hydrogen-bond acceptors (Lipinski definition) is 6.